The number of carbonyl (C=O) groups excluding carboxylic acids is 3. The van der Waals surface area contributed by atoms with Gasteiger partial charge in [0.05, 0.1) is 23.0 Å². The summed E-state index contributed by atoms with van der Waals surface area (Å²) in [5, 5.41) is 9.77. The van der Waals surface area contributed by atoms with Crippen LogP contribution in [0.15, 0.2) is 23.1 Å². The van der Waals surface area contributed by atoms with Gasteiger partial charge in [-0.05, 0) is 18.2 Å². The highest BCUT2D eigenvalue weighted by Crippen LogP contribution is 2.29. The average Bonchev–Trinajstić information content (AvgIpc) is 2.82. The normalized spacial score (nSPS) is 20.7. The third-order valence-electron chi connectivity index (χ3n) is 4.54. The van der Waals surface area contributed by atoms with Crippen LogP contribution in [0.5, 0.6) is 0 Å². The minimum Gasteiger partial charge on any atom is -0.374 e. The molecule has 0 radical (unpaired) electrons. The maximum absolute atomic E-state index is 13.9. The first kappa shape index (κ1) is 18.3. The van der Waals surface area contributed by atoms with Gasteiger partial charge in [0, 0.05) is 25.4 Å². The Morgan fingerprint density at radius 3 is 2.58 bits per heavy atom. The Morgan fingerprint density at radius 2 is 2.04 bits per heavy atom. The summed E-state index contributed by atoms with van der Waals surface area (Å²) < 4.78 is 36.2. The van der Waals surface area contributed by atoms with Gasteiger partial charge in [0.2, 0.25) is 27.7 Å². The lowest BCUT2D eigenvalue weighted by atomic mass is 9.84. The van der Waals surface area contributed by atoms with Gasteiger partial charge in [0.1, 0.15) is 5.82 Å². The zero-order chi connectivity index (χ0) is 19.1. The van der Waals surface area contributed by atoms with E-state index in [-0.39, 0.29) is 47.2 Å². The van der Waals surface area contributed by atoms with Crippen LogP contribution in [-0.2, 0) is 24.4 Å². The number of anilines is 1. The van der Waals surface area contributed by atoms with E-state index in [0.29, 0.717) is 13.1 Å². The molecule has 4 N–H and O–H groups in total. The van der Waals surface area contributed by atoms with E-state index in [9.17, 15) is 27.2 Å². The monoisotopic (exact) mass is 384 g/mol. The second-order valence-electron chi connectivity index (χ2n) is 6.32. The summed E-state index contributed by atoms with van der Waals surface area (Å²) in [7, 11) is -4.00. The zero-order valence-electron chi connectivity index (χ0n) is 13.6. The van der Waals surface area contributed by atoms with E-state index in [1.54, 1.807) is 0 Å². The van der Waals surface area contributed by atoms with Crippen molar-refractivity contribution in [2.75, 3.05) is 25.0 Å². The first-order valence-corrected chi connectivity index (χ1v) is 9.37. The molecule has 2 saturated heterocycles. The maximum Gasteiger partial charge on any atom is 0.241 e. The number of sulfonamides is 1. The number of rotatable bonds is 5. The Hall–Kier alpha value is -2.53. The first-order valence-electron chi connectivity index (χ1n) is 7.83. The number of benzene rings is 1. The molecule has 140 valence electrons. The molecule has 0 aromatic heterocycles. The highest BCUT2D eigenvalue weighted by atomic mass is 32.2. The SMILES string of the molecule is NS(=O)(=O)c1ccc(NCC(=O)N2CC(C3CC(=O)NC3=O)C2)c(F)c1. The largest absolute Gasteiger partial charge is 0.374 e. The fourth-order valence-corrected chi connectivity index (χ4v) is 3.55. The minimum absolute atomic E-state index is 0.0245. The van der Waals surface area contributed by atoms with Crippen molar-refractivity contribution < 1.29 is 27.2 Å². The van der Waals surface area contributed by atoms with Crippen LogP contribution in [0.3, 0.4) is 0 Å². The number of amides is 3. The maximum atomic E-state index is 13.9. The number of likely N-dealkylation sites (tertiary alicyclic amines) is 1. The van der Waals surface area contributed by atoms with Gasteiger partial charge in [0.25, 0.3) is 0 Å². The van der Waals surface area contributed by atoms with Gasteiger partial charge in [-0.25, -0.2) is 17.9 Å². The molecule has 26 heavy (non-hydrogen) atoms. The van der Waals surface area contributed by atoms with Gasteiger partial charge in [-0.1, -0.05) is 0 Å². The van der Waals surface area contributed by atoms with Crippen LogP contribution in [0.25, 0.3) is 0 Å². The van der Waals surface area contributed by atoms with Crippen molar-refractivity contribution in [1.82, 2.24) is 10.2 Å². The van der Waals surface area contributed by atoms with Crippen LogP contribution >= 0.6 is 0 Å². The fourth-order valence-electron chi connectivity index (χ4n) is 3.02. The van der Waals surface area contributed by atoms with Crippen LogP contribution in [0.1, 0.15) is 6.42 Å². The van der Waals surface area contributed by atoms with Crippen LogP contribution in [0.2, 0.25) is 0 Å². The molecule has 3 rings (SSSR count). The Kier molecular flexibility index (Phi) is 4.67. The first-order chi connectivity index (χ1) is 12.1. The summed E-state index contributed by atoms with van der Waals surface area (Å²) in [5.74, 6) is -2.20. The van der Waals surface area contributed by atoms with Crippen LogP contribution in [0.4, 0.5) is 10.1 Å². The van der Waals surface area contributed by atoms with Crippen molar-refractivity contribution >= 4 is 33.4 Å². The van der Waals surface area contributed by atoms with E-state index in [1.165, 1.54) is 11.0 Å². The molecular formula is C15H17FN4O5S. The minimum atomic E-state index is -4.00. The molecule has 1 aromatic rings. The summed E-state index contributed by atoms with van der Waals surface area (Å²) in [6, 6.07) is 3.11. The molecule has 0 bridgehead atoms. The molecule has 0 saturated carbocycles. The number of primary sulfonamides is 1. The number of nitrogens with two attached hydrogens (primary N) is 1. The van der Waals surface area contributed by atoms with Crippen LogP contribution < -0.4 is 15.8 Å². The van der Waals surface area contributed by atoms with E-state index in [1.807, 2.05) is 0 Å². The molecule has 2 fully saturated rings. The molecule has 2 aliphatic heterocycles. The quantitative estimate of drug-likeness (QED) is 0.557. The average molecular weight is 384 g/mol. The van der Waals surface area contributed by atoms with Gasteiger partial charge in [-0.3, -0.25) is 19.7 Å². The molecule has 2 aliphatic rings. The van der Waals surface area contributed by atoms with Crippen molar-refractivity contribution in [2.45, 2.75) is 11.3 Å². The summed E-state index contributed by atoms with van der Waals surface area (Å²) in [5.41, 5.74) is -0.0245. The Bertz CT molecular complexity index is 882. The van der Waals surface area contributed by atoms with Crippen molar-refractivity contribution in [3.05, 3.63) is 24.0 Å². The lowest BCUT2D eigenvalue weighted by molar-refractivity contribution is -0.140. The summed E-state index contributed by atoms with van der Waals surface area (Å²) in [6.45, 7) is 0.533. The topological polar surface area (TPSA) is 139 Å². The molecule has 2 heterocycles. The smallest absolute Gasteiger partial charge is 0.241 e. The van der Waals surface area contributed by atoms with Gasteiger partial charge in [-0.2, -0.15) is 0 Å². The number of nitrogens with zero attached hydrogens (tertiary/aromatic N) is 1. The van der Waals surface area contributed by atoms with E-state index in [2.05, 4.69) is 10.6 Å². The third kappa shape index (κ3) is 3.68. The van der Waals surface area contributed by atoms with Crippen molar-refractivity contribution in [1.29, 1.82) is 0 Å². The second-order valence-corrected chi connectivity index (χ2v) is 7.88. The Morgan fingerprint density at radius 1 is 1.35 bits per heavy atom. The van der Waals surface area contributed by atoms with E-state index in [4.69, 9.17) is 5.14 Å². The number of imide groups is 1. The number of halogens is 1. The summed E-state index contributed by atoms with van der Waals surface area (Å²) >= 11 is 0. The molecular weight excluding hydrogens is 367 g/mol. The number of nitrogens with one attached hydrogen (secondary N) is 2. The summed E-state index contributed by atoms with van der Waals surface area (Å²) in [6.07, 6.45) is 0.144. The van der Waals surface area contributed by atoms with Crippen LogP contribution in [-0.4, -0.2) is 50.7 Å². The van der Waals surface area contributed by atoms with E-state index < -0.39 is 21.8 Å². The van der Waals surface area contributed by atoms with Gasteiger partial charge in [-0.15, -0.1) is 0 Å². The second kappa shape index (κ2) is 6.65. The number of carbonyl (C=O) groups is 3. The van der Waals surface area contributed by atoms with Gasteiger partial charge < -0.3 is 10.2 Å². The molecule has 0 spiro atoms. The van der Waals surface area contributed by atoms with Crippen molar-refractivity contribution in [2.24, 2.45) is 17.0 Å². The predicted octanol–water partition coefficient (Wildman–Crippen LogP) is -0.994. The number of hydrogen-bond donors (Lipinski definition) is 3. The standard InChI is InChI=1S/C15H17FN4O5S/c16-11-3-9(26(17,24)25)1-2-12(11)18-5-14(22)20-6-8(7-20)10-4-13(21)19-15(10)23/h1-3,8,10,18H,4-7H2,(H2,17,24,25)(H,19,21,23). The highest BCUT2D eigenvalue weighted by molar-refractivity contribution is 7.89. The number of hydrogen-bond acceptors (Lipinski definition) is 6. The predicted molar refractivity (Wildman–Crippen MR) is 87.6 cm³/mol. The molecule has 1 atom stereocenters. The lowest BCUT2D eigenvalue weighted by Gasteiger charge is -2.41. The molecule has 9 nitrogen and oxygen atoms in total. The Balaban J connectivity index is 1.51. The molecule has 11 heteroatoms. The Labute approximate surface area is 148 Å². The third-order valence-corrected chi connectivity index (χ3v) is 5.45. The molecule has 1 unspecified atom stereocenters. The lowest BCUT2D eigenvalue weighted by Crippen LogP contribution is -2.55. The molecule has 1 aromatic carbocycles. The van der Waals surface area contributed by atoms with E-state index >= 15 is 0 Å². The highest BCUT2D eigenvalue weighted by Gasteiger charge is 2.43. The van der Waals surface area contributed by atoms with Gasteiger partial charge >= 0.3 is 0 Å². The molecule has 3 amide bonds. The van der Waals surface area contributed by atoms with Gasteiger partial charge in [0.15, 0.2) is 0 Å². The van der Waals surface area contributed by atoms with E-state index in [0.717, 1.165) is 12.1 Å². The fraction of sp³-hybridized carbons (Fsp3) is 0.400. The van der Waals surface area contributed by atoms with Crippen molar-refractivity contribution in [3.8, 4) is 0 Å². The molecule has 0 aliphatic carbocycles. The zero-order valence-corrected chi connectivity index (χ0v) is 14.4. The van der Waals surface area contributed by atoms with Crippen molar-refractivity contribution in [3.63, 3.8) is 0 Å². The van der Waals surface area contributed by atoms with Crippen LogP contribution in [0, 0.1) is 17.7 Å². The summed E-state index contributed by atoms with van der Waals surface area (Å²) in [4.78, 5) is 36.0.